The molecule has 1 aliphatic heterocycles. The van der Waals surface area contributed by atoms with Gasteiger partial charge in [-0.1, -0.05) is 24.6 Å². The molecular weight excluding hydrogens is 288 g/mol. The lowest BCUT2D eigenvalue weighted by atomic mass is 9.92. The molecule has 1 saturated carbocycles. The predicted molar refractivity (Wildman–Crippen MR) is 92.8 cm³/mol. The SMILES string of the molecule is CC(C)(C)OC(=O)N1CCCc2cccc(CNC3CCC3)c21. The molecule has 1 aliphatic carbocycles. The molecule has 1 fully saturated rings. The maximum absolute atomic E-state index is 12.6. The van der Waals surface area contributed by atoms with E-state index >= 15 is 0 Å². The van der Waals surface area contributed by atoms with Crippen LogP contribution in [0.5, 0.6) is 0 Å². The van der Waals surface area contributed by atoms with Crippen molar-refractivity contribution < 1.29 is 9.53 Å². The zero-order valence-electron chi connectivity index (χ0n) is 14.5. The number of hydrogen-bond donors (Lipinski definition) is 1. The summed E-state index contributed by atoms with van der Waals surface area (Å²) in [6.07, 6.45) is 5.66. The third-order valence-electron chi connectivity index (χ3n) is 4.60. The third kappa shape index (κ3) is 3.86. The number of benzene rings is 1. The monoisotopic (exact) mass is 316 g/mol. The topological polar surface area (TPSA) is 41.6 Å². The molecule has 1 aromatic carbocycles. The Morgan fingerprint density at radius 1 is 1.30 bits per heavy atom. The van der Waals surface area contributed by atoms with Crippen molar-refractivity contribution in [2.75, 3.05) is 11.4 Å². The van der Waals surface area contributed by atoms with E-state index in [2.05, 4.69) is 23.5 Å². The zero-order valence-corrected chi connectivity index (χ0v) is 14.5. The molecule has 1 heterocycles. The van der Waals surface area contributed by atoms with E-state index in [4.69, 9.17) is 4.74 Å². The minimum absolute atomic E-state index is 0.227. The van der Waals surface area contributed by atoms with Crippen molar-refractivity contribution in [3.63, 3.8) is 0 Å². The summed E-state index contributed by atoms with van der Waals surface area (Å²) in [5.74, 6) is 0. The standard InChI is InChI=1S/C19H28N2O2/c1-19(2,3)23-18(22)21-12-6-9-14-7-4-8-15(17(14)21)13-20-16-10-5-11-16/h4,7-8,16,20H,5-6,9-13H2,1-3H3. The Labute approximate surface area is 139 Å². The molecule has 0 atom stereocenters. The number of aryl methyl sites for hydroxylation is 1. The molecule has 23 heavy (non-hydrogen) atoms. The number of anilines is 1. The first-order valence-electron chi connectivity index (χ1n) is 8.79. The number of hydrogen-bond acceptors (Lipinski definition) is 3. The first-order chi connectivity index (χ1) is 10.9. The summed E-state index contributed by atoms with van der Waals surface area (Å²) < 4.78 is 5.61. The van der Waals surface area contributed by atoms with E-state index < -0.39 is 5.60 Å². The third-order valence-corrected chi connectivity index (χ3v) is 4.60. The second-order valence-electron chi connectivity index (χ2n) is 7.67. The Bertz CT molecular complexity index is 573. The molecule has 1 aromatic rings. The van der Waals surface area contributed by atoms with E-state index in [0.717, 1.165) is 31.6 Å². The van der Waals surface area contributed by atoms with Gasteiger partial charge in [0.05, 0.1) is 5.69 Å². The first-order valence-corrected chi connectivity index (χ1v) is 8.79. The van der Waals surface area contributed by atoms with Crippen molar-refractivity contribution >= 4 is 11.8 Å². The van der Waals surface area contributed by atoms with Gasteiger partial charge in [0.25, 0.3) is 0 Å². The van der Waals surface area contributed by atoms with Crippen LogP contribution in [0.4, 0.5) is 10.5 Å². The molecule has 0 bridgehead atoms. The average Bonchev–Trinajstić information content (AvgIpc) is 2.43. The fraction of sp³-hybridized carbons (Fsp3) is 0.632. The lowest BCUT2D eigenvalue weighted by Crippen LogP contribution is -2.41. The first kappa shape index (κ1) is 16.3. The van der Waals surface area contributed by atoms with E-state index in [1.807, 2.05) is 25.7 Å². The molecule has 3 rings (SSSR count). The van der Waals surface area contributed by atoms with Gasteiger partial charge in [-0.3, -0.25) is 4.90 Å². The molecule has 126 valence electrons. The lowest BCUT2D eigenvalue weighted by molar-refractivity contribution is 0.0577. The summed E-state index contributed by atoms with van der Waals surface area (Å²) in [7, 11) is 0. The van der Waals surface area contributed by atoms with Gasteiger partial charge >= 0.3 is 6.09 Å². The van der Waals surface area contributed by atoms with E-state index in [1.165, 1.54) is 30.4 Å². The van der Waals surface area contributed by atoms with Crippen LogP contribution >= 0.6 is 0 Å². The number of ether oxygens (including phenoxy) is 1. The summed E-state index contributed by atoms with van der Waals surface area (Å²) >= 11 is 0. The van der Waals surface area contributed by atoms with Crippen LogP contribution in [0.3, 0.4) is 0 Å². The van der Waals surface area contributed by atoms with Gasteiger partial charge < -0.3 is 10.1 Å². The minimum Gasteiger partial charge on any atom is -0.443 e. The Morgan fingerprint density at radius 2 is 2.09 bits per heavy atom. The van der Waals surface area contributed by atoms with Gasteiger partial charge in [0, 0.05) is 19.1 Å². The number of rotatable bonds is 3. The maximum Gasteiger partial charge on any atom is 0.414 e. The molecule has 2 aliphatic rings. The van der Waals surface area contributed by atoms with Gasteiger partial charge in [-0.25, -0.2) is 4.79 Å². The largest absolute Gasteiger partial charge is 0.443 e. The van der Waals surface area contributed by atoms with E-state index in [-0.39, 0.29) is 6.09 Å². The fourth-order valence-electron chi connectivity index (χ4n) is 3.24. The second kappa shape index (κ2) is 6.52. The van der Waals surface area contributed by atoms with E-state index in [9.17, 15) is 4.79 Å². The van der Waals surface area contributed by atoms with Crippen molar-refractivity contribution in [3.05, 3.63) is 29.3 Å². The Hall–Kier alpha value is -1.55. The smallest absolute Gasteiger partial charge is 0.414 e. The van der Waals surface area contributed by atoms with Gasteiger partial charge in [0.1, 0.15) is 5.60 Å². The van der Waals surface area contributed by atoms with Crippen molar-refractivity contribution in [1.82, 2.24) is 5.32 Å². The quantitative estimate of drug-likeness (QED) is 0.916. The van der Waals surface area contributed by atoms with Crippen molar-refractivity contribution in [2.45, 2.75) is 71.1 Å². The summed E-state index contributed by atoms with van der Waals surface area (Å²) in [5, 5.41) is 3.61. The number of nitrogens with zero attached hydrogens (tertiary/aromatic N) is 1. The normalized spacial score (nSPS) is 18.3. The molecule has 4 nitrogen and oxygen atoms in total. The van der Waals surface area contributed by atoms with Crippen LogP contribution in [0.25, 0.3) is 0 Å². The van der Waals surface area contributed by atoms with Crippen molar-refractivity contribution in [3.8, 4) is 0 Å². The molecular formula is C19H28N2O2. The van der Waals surface area contributed by atoms with Gasteiger partial charge in [-0.05, 0) is 57.6 Å². The summed E-state index contributed by atoms with van der Waals surface area (Å²) in [6.45, 7) is 7.31. The highest BCUT2D eigenvalue weighted by molar-refractivity contribution is 5.90. The van der Waals surface area contributed by atoms with Gasteiger partial charge in [-0.15, -0.1) is 0 Å². The molecule has 0 aromatic heterocycles. The van der Waals surface area contributed by atoms with Crippen LogP contribution in [0, 0.1) is 0 Å². The van der Waals surface area contributed by atoms with Crippen LogP contribution in [0.15, 0.2) is 18.2 Å². The lowest BCUT2D eigenvalue weighted by Gasteiger charge is -2.34. The van der Waals surface area contributed by atoms with Crippen LogP contribution in [-0.2, 0) is 17.7 Å². The number of amides is 1. The number of fused-ring (bicyclic) bond motifs is 1. The molecule has 1 amide bonds. The van der Waals surface area contributed by atoms with Crippen molar-refractivity contribution in [1.29, 1.82) is 0 Å². The highest BCUT2D eigenvalue weighted by Gasteiger charge is 2.29. The highest BCUT2D eigenvalue weighted by atomic mass is 16.6. The average molecular weight is 316 g/mol. The second-order valence-corrected chi connectivity index (χ2v) is 7.67. The molecule has 0 radical (unpaired) electrons. The van der Waals surface area contributed by atoms with Gasteiger partial charge in [0.15, 0.2) is 0 Å². The minimum atomic E-state index is -0.464. The molecule has 0 unspecified atom stereocenters. The molecule has 4 heteroatoms. The maximum atomic E-state index is 12.6. The number of nitrogens with one attached hydrogen (secondary N) is 1. The number of para-hydroxylation sites is 1. The van der Waals surface area contributed by atoms with E-state index in [1.54, 1.807) is 0 Å². The zero-order chi connectivity index (χ0) is 16.4. The van der Waals surface area contributed by atoms with Gasteiger partial charge in [-0.2, -0.15) is 0 Å². The Balaban J connectivity index is 1.81. The summed E-state index contributed by atoms with van der Waals surface area (Å²) in [4.78, 5) is 14.5. The molecule has 0 saturated heterocycles. The van der Waals surface area contributed by atoms with Crippen LogP contribution in [0.1, 0.15) is 57.6 Å². The van der Waals surface area contributed by atoms with Crippen LogP contribution in [-0.4, -0.2) is 24.3 Å². The predicted octanol–water partition coefficient (Wildman–Crippen LogP) is 4.02. The van der Waals surface area contributed by atoms with Gasteiger partial charge in [0.2, 0.25) is 0 Å². The molecule has 1 N–H and O–H groups in total. The van der Waals surface area contributed by atoms with Crippen LogP contribution < -0.4 is 10.2 Å². The Morgan fingerprint density at radius 3 is 2.74 bits per heavy atom. The van der Waals surface area contributed by atoms with Crippen LogP contribution in [0.2, 0.25) is 0 Å². The fourth-order valence-corrected chi connectivity index (χ4v) is 3.24. The highest BCUT2D eigenvalue weighted by Crippen LogP contribution is 2.32. The Kier molecular flexibility index (Phi) is 4.62. The van der Waals surface area contributed by atoms with E-state index in [0.29, 0.717) is 6.04 Å². The summed E-state index contributed by atoms with van der Waals surface area (Å²) in [5.41, 5.74) is 3.07. The van der Waals surface area contributed by atoms with Crippen molar-refractivity contribution in [2.24, 2.45) is 0 Å². The number of carbonyl (C=O) groups is 1. The summed E-state index contributed by atoms with van der Waals surface area (Å²) in [6, 6.07) is 7.02. The number of carbonyl (C=O) groups excluding carboxylic acids is 1. The molecule has 0 spiro atoms.